The highest BCUT2D eigenvalue weighted by Gasteiger charge is 2.22. The molecule has 4 heteroatoms. The molecule has 3 aromatic rings. The van der Waals surface area contributed by atoms with E-state index in [0.29, 0.717) is 11.3 Å². The van der Waals surface area contributed by atoms with Crippen molar-refractivity contribution in [3.8, 4) is 5.75 Å². The highest BCUT2D eigenvalue weighted by Crippen LogP contribution is 2.25. The Kier molecular flexibility index (Phi) is 5.44. The number of hydrogen-bond acceptors (Lipinski definition) is 3. The number of amides is 1. The van der Waals surface area contributed by atoms with Gasteiger partial charge in [-0.15, -0.1) is 0 Å². The molecular formula is C22H20N2O2. The van der Waals surface area contributed by atoms with Crippen LogP contribution in [0.15, 0.2) is 90.0 Å². The number of nitrogens with one attached hydrogen (secondary N) is 1. The number of benzene rings is 3. The van der Waals surface area contributed by atoms with Crippen LogP contribution in [0, 0.1) is 0 Å². The van der Waals surface area contributed by atoms with Crippen molar-refractivity contribution in [3.63, 3.8) is 0 Å². The quantitative estimate of drug-likeness (QED) is 0.541. The first-order chi connectivity index (χ1) is 12.7. The van der Waals surface area contributed by atoms with Gasteiger partial charge >= 0.3 is 0 Å². The van der Waals surface area contributed by atoms with Gasteiger partial charge < -0.3 is 5.11 Å². The lowest BCUT2D eigenvalue weighted by Gasteiger charge is -2.16. The van der Waals surface area contributed by atoms with E-state index in [0.717, 1.165) is 11.1 Å². The number of phenolic OH excluding ortho intramolecular Hbond substituents is 1. The van der Waals surface area contributed by atoms with E-state index >= 15 is 0 Å². The van der Waals surface area contributed by atoms with Gasteiger partial charge in [-0.05, 0) is 30.2 Å². The van der Waals surface area contributed by atoms with E-state index < -0.39 is 5.92 Å². The minimum atomic E-state index is -0.460. The maximum Gasteiger partial charge on any atom is 0.252 e. The molecule has 0 unspecified atom stereocenters. The smallest absolute Gasteiger partial charge is 0.252 e. The molecule has 0 saturated carbocycles. The summed E-state index contributed by atoms with van der Waals surface area (Å²) < 4.78 is 0. The van der Waals surface area contributed by atoms with Crippen LogP contribution in [-0.2, 0) is 4.79 Å². The third-order valence-corrected chi connectivity index (χ3v) is 4.16. The summed E-state index contributed by atoms with van der Waals surface area (Å²) in [6.45, 7) is 1.75. The monoisotopic (exact) mass is 344 g/mol. The lowest BCUT2D eigenvalue weighted by molar-refractivity contribution is -0.121. The van der Waals surface area contributed by atoms with Gasteiger partial charge in [-0.2, -0.15) is 5.10 Å². The number of hydrogen-bond donors (Lipinski definition) is 2. The van der Waals surface area contributed by atoms with E-state index in [4.69, 9.17) is 0 Å². The molecule has 130 valence electrons. The van der Waals surface area contributed by atoms with Gasteiger partial charge in [-0.25, -0.2) is 5.43 Å². The molecule has 0 aromatic heterocycles. The Morgan fingerprint density at radius 3 is 1.88 bits per heavy atom. The summed E-state index contributed by atoms with van der Waals surface area (Å²) >= 11 is 0. The zero-order valence-electron chi connectivity index (χ0n) is 14.5. The van der Waals surface area contributed by atoms with Crippen molar-refractivity contribution in [2.75, 3.05) is 0 Å². The average Bonchev–Trinajstić information content (AvgIpc) is 2.68. The molecule has 0 heterocycles. The van der Waals surface area contributed by atoms with E-state index in [1.54, 1.807) is 25.1 Å². The Morgan fingerprint density at radius 1 is 0.846 bits per heavy atom. The van der Waals surface area contributed by atoms with Crippen LogP contribution in [0.25, 0.3) is 0 Å². The van der Waals surface area contributed by atoms with Gasteiger partial charge in [0, 0.05) is 5.56 Å². The zero-order chi connectivity index (χ0) is 18.4. The van der Waals surface area contributed by atoms with Crippen LogP contribution in [-0.4, -0.2) is 16.7 Å². The molecule has 0 bridgehead atoms. The first-order valence-corrected chi connectivity index (χ1v) is 8.39. The fourth-order valence-electron chi connectivity index (χ4n) is 2.83. The average molecular weight is 344 g/mol. The van der Waals surface area contributed by atoms with E-state index in [2.05, 4.69) is 10.5 Å². The van der Waals surface area contributed by atoms with Crippen molar-refractivity contribution in [2.45, 2.75) is 12.8 Å². The van der Waals surface area contributed by atoms with Gasteiger partial charge in [0.1, 0.15) is 5.75 Å². The van der Waals surface area contributed by atoms with Crippen molar-refractivity contribution in [2.24, 2.45) is 5.10 Å². The Labute approximate surface area is 152 Å². The van der Waals surface area contributed by atoms with Crippen molar-refractivity contribution in [1.29, 1.82) is 0 Å². The summed E-state index contributed by atoms with van der Waals surface area (Å²) in [5.41, 5.74) is 5.56. The topological polar surface area (TPSA) is 61.7 Å². The van der Waals surface area contributed by atoms with Gasteiger partial charge in [0.2, 0.25) is 0 Å². The number of carbonyl (C=O) groups excluding carboxylic acids is 1. The molecule has 1 amide bonds. The van der Waals surface area contributed by atoms with Gasteiger partial charge in [0.15, 0.2) is 0 Å². The van der Waals surface area contributed by atoms with Crippen molar-refractivity contribution in [1.82, 2.24) is 5.43 Å². The minimum Gasteiger partial charge on any atom is -0.507 e. The number of para-hydroxylation sites is 1. The molecular weight excluding hydrogens is 324 g/mol. The summed E-state index contributed by atoms with van der Waals surface area (Å²) in [4.78, 5) is 12.9. The second-order valence-corrected chi connectivity index (χ2v) is 5.94. The number of hydrazone groups is 1. The number of rotatable bonds is 5. The molecule has 0 aliphatic heterocycles. The lowest BCUT2D eigenvalue weighted by atomic mass is 9.91. The summed E-state index contributed by atoms with van der Waals surface area (Å²) in [5, 5.41) is 14.1. The molecule has 0 spiro atoms. The fraction of sp³-hybridized carbons (Fsp3) is 0.0909. The van der Waals surface area contributed by atoms with E-state index in [1.807, 2.05) is 66.7 Å². The molecule has 0 aliphatic carbocycles. The molecule has 0 fully saturated rings. The summed E-state index contributed by atoms with van der Waals surface area (Å²) in [5.74, 6) is -0.554. The number of phenols is 1. The number of carbonyl (C=O) groups is 1. The van der Waals surface area contributed by atoms with Crippen LogP contribution in [0.1, 0.15) is 29.5 Å². The molecule has 3 aromatic carbocycles. The summed E-state index contributed by atoms with van der Waals surface area (Å²) in [7, 11) is 0. The maximum atomic E-state index is 12.9. The Morgan fingerprint density at radius 2 is 1.35 bits per heavy atom. The maximum absolute atomic E-state index is 12.9. The van der Waals surface area contributed by atoms with Crippen LogP contribution in [0.2, 0.25) is 0 Å². The largest absolute Gasteiger partial charge is 0.507 e. The molecule has 0 aliphatic rings. The molecule has 4 nitrogen and oxygen atoms in total. The molecule has 0 radical (unpaired) electrons. The highest BCUT2D eigenvalue weighted by atomic mass is 16.3. The van der Waals surface area contributed by atoms with Gasteiger partial charge in [0.25, 0.3) is 5.91 Å². The van der Waals surface area contributed by atoms with Gasteiger partial charge in [-0.3, -0.25) is 4.79 Å². The number of aromatic hydroxyl groups is 1. The van der Waals surface area contributed by atoms with Gasteiger partial charge in [-0.1, -0.05) is 72.8 Å². The van der Waals surface area contributed by atoms with E-state index in [1.165, 1.54) is 0 Å². The van der Waals surface area contributed by atoms with Crippen LogP contribution in [0.5, 0.6) is 5.75 Å². The molecule has 0 saturated heterocycles. The van der Waals surface area contributed by atoms with Gasteiger partial charge in [0.05, 0.1) is 11.6 Å². The van der Waals surface area contributed by atoms with Crippen molar-refractivity contribution in [3.05, 3.63) is 102 Å². The predicted molar refractivity (Wildman–Crippen MR) is 103 cm³/mol. The molecule has 26 heavy (non-hydrogen) atoms. The molecule has 2 N–H and O–H groups in total. The first kappa shape index (κ1) is 17.4. The number of nitrogens with zero attached hydrogens (tertiary/aromatic N) is 1. The Balaban J connectivity index is 1.87. The van der Waals surface area contributed by atoms with Crippen LogP contribution < -0.4 is 5.43 Å². The molecule has 3 rings (SSSR count). The second-order valence-electron chi connectivity index (χ2n) is 5.94. The van der Waals surface area contributed by atoms with Crippen LogP contribution >= 0.6 is 0 Å². The minimum absolute atomic E-state index is 0.130. The SMILES string of the molecule is C/C(=N/NC(=O)C(c1ccccc1)c1ccccc1)c1ccccc1O. The third kappa shape index (κ3) is 3.98. The summed E-state index contributed by atoms with van der Waals surface area (Å²) in [6.07, 6.45) is 0. The third-order valence-electron chi connectivity index (χ3n) is 4.16. The van der Waals surface area contributed by atoms with Crippen LogP contribution in [0.4, 0.5) is 0 Å². The lowest BCUT2D eigenvalue weighted by Crippen LogP contribution is -2.27. The Hall–Kier alpha value is -3.40. The second kappa shape index (κ2) is 8.12. The normalized spacial score (nSPS) is 11.4. The first-order valence-electron chi connectivity index (χ1n) is 8.39. The molecule has 0 atom stereocenters. The summed E-state index contributed by atoms with van der Waals surface area (Å²) in [6, 6.07) is 26.1. The standard InChI is InChI=1S/C22H20N2O2/c1-16(19-14-8-9-15-20(19)25)23-24-22(26)21(17-10-4-2-5-11-17)18-12-6-3-7-13-18/h2-15,21,25H,1H3,(H,24,26)/b23-16-. The predicted octanol–water partition coefficient (Wildman–Crippen LogP) is 4.06. The fourth-order valence-corrected chi connectivity index (χ4v) is 2.83. The highest BCUT2D eigenvalue weighted by molar-refractivity contribution is 6.01. The van der Waals surface area contributed by atoms with E-state index in [-0.39, 0.29) is 11.7 Å². The zero-order valence-corrected chi connectivity index (χ0v) is 14.5. The van der Waals surface area contributed by atoms with Crippen molar-refractivity contribution < 1.29 is 9.90 Å². The van der Waals surface area contributed by atoms with Crippen LogP contribution in [0.3, 0.4) is 0 Å². The Bertz CT molecular complexity index is 866. The van der Waals surface area contributed by atoms with Crippen molar-refractivity contribution >= 4 is 11.6 Å². The van der Waals surface area contributed by atoms with E-state index in [9.17, 15) is 9.90 Å².